The summed E-state index contributed by atoms with van der Waals surface area (Å²) in [6.07, 6.45) is -3.77. The number of halogens is 2. The van der Waals surface area contributed by atoms with Crippen LogP contribution in [-0.4, -0.2) is 48.7 Å². The Labute approximate surface area is 205 Å². The summed E-state index contributed by atoms with van der Waals surface area (Å²) in [4.78, 5) is 31.9. The zero-order chi connectivity index (χ0) is 25.8. The number of carbonyl (C=O) groups excluding carboxylic acids is 2. The maximum Gasteiger partial charge on any atom is 0.586 e. The van der Waals surface area contributed by atoms with Crippen molar-refractivity contribution in [2.75, 3.05) is 26.0 Å². The maximum atomic E-state index is 13.5. The van der Waals surface area contributed by atoms with E-state index in [1.165, 1.54) is 17.0 Å². The molecule has 1 N–H and O–H groups in total. The lowest BCUT2D eigenvalue weighted by Crippen LogP contribution is -2.39. The molecule has 186 valence electrons. The average Bonchev–Trinajstić information content (AvgIpc) is 3.32. The predicted molar refractivity (Wildman–Crippen MR) is 127 cm³/mol. The molecule has 8 nitrogen and oxygen atoms in total. The minimum Gasteiger partial charge on any atom is -0.492 e. The maximum absolute atomic E-state index is 13.5. The van der Waals surface area contributed by atoms with Gasteiger partial charge in [0, 0.05) is 36.9 Å². The number of fused-ring (bicyclic) bond motifs is 2. The van der Waals surface area contributed by atoms with Gasteiger partial charge in [0.1, 0.15) is 23.6 Å². The zero-order valence-electron chi connectivity index (χ0n) is 20.0. The molecular formula is C26H23F2N3O5. The van der Waals surface area contributed by atoms with Gasteiger partial charge in [-0.1, -0.05) is 18.2 Å². The third kappa shape index (κ3) is 3.98. The molecular weight excluding hydrogens is 472 g/mol. The fourth-order valence-corrected chi connectivity index (χ4v) is 4.22. The van der Waals surface area contributed by atoms with E-state index < -0.39 is 17.6 Å². The first-order chi connectivity index (χ1) is 17.0. The van der Waals surface area contributed by atoms with Crippen molar-refractivity contribution in [2.45, 2.75) is 25.6 Å². The summed E-state index contributed by atoms with van der Waals surface area (Å²) in [6.45, 7) is 3.54. The van der Waals surface area contributed by atoms with Crippen LogP contribution in [0.3, 0.4) is 0 Å². The van der Waals surface area contributed by atoms with Crippen LogP contribution in [0.25, 0.3) is 11.3 Å². The van der Waals surface area contributed by atoms with Gasteiger partial charge in [0.05, 0.1) is 5.69 Å². The molecule has 0 saturated heterocycles. The molecule has 0 radical (unpaired) electrons. The van der Waals surface area contributed by atoms with E-state index in [4.69, 9.17) is 4.74 Å². The van der Waals surface area contributed by atoms with Crippen LogP contribution in [0.4, 0.5) is 14.6 Å². The Morgan fingerprint density at radius 1 is 1.03 bits per heavy atom. The highest BCUT2D eigenvalue weighted by Crippen LogP contribution is 2.50. The van der Waals surface area contributed by atoms with Gasteiger partial charge in [-0.3, -0.25) is 9.59 Å². The van der Waals surface area contributed by atoms with Gasteiger partial charge in [-0.05, 0) is 43.7 Å². The number of aromatic nitrogens is 1. The topological polar surface area (TPSA) is 90.0 Å². The summed E-state index contributed by atoms with van der Waals surface area (Å²) in [5.41, 5.74) is 1.94. The molecule has 0 fully saturated rings. The molecule has 2 aromatic carbocycles. The molecule has 2 aliphatic heterocycles. The van der Waals surface area contributed by atoms with Crippen molar-refractivity contribution in [3.63, 3.8) is 0 Å². The number of pyridine rings is 1. The molecule has 0 bridgehead atoms. The van der Waals surface area contributed by atoms with E-state index in [0.717, 1.165) is 11.1 Å². The number of ether oxygens (including phenoxy) is 3. The van der Waals surface area contributed by atoms with E-state index in [2.05, 4.69) is 19.8 Å². The lowest BCUT2D eigenvalue weighted by molar-refractivity contribution is -0.286. The fraction of sp³-hybridized carbons (Fsp3) is 0.269. The van der Waals surface area contributed by atoms with Gasteiger partial charge in [0.2, 0.25) is 5.91 Å². The highest BCUT2D eigenvalue weighted by atomic mass is 19.3. The monoisotopic (exact) mass is 495 g/mol. The molecule has 36 heavy (non-hydrogen) atoms. The van der Waals surface area contributed by atoms with Crippen LogP contribution in [0.1, 0.15) is 28.4 Å². The minimum atomic E-state index is -3.77. The largest absolute Gasteiger partial charge is 0.586 e. The van der Waals surface area contributed by atoms with Crippen LogP contribution in [0.2, 0.25) is 0 Å². The van der Waals surface area contributed by atoms with Crippen LogP contribution >= 0.6 is 0 Å². The van der Waals surface area contributed by atoms with Gasteiger partial charge in [-0.2, -0.15) is 0 Å². The summed E-state index contributed by atoms with van der Waals surface area (Å²) < 4.78 is 41.6. The fourth-order valence-electron chi connectivity index (χ4n) is 4.22. The second kappa shape index (κ2) is 8.18. The van der Waals surface area contributed by atoms with Crippen molar-refractivity contribution in [1.82, 2.24) is 9.88 Å². The van der Waals surface area contributed by atoms with E-state index >= 15 is 0 Å². The van der Waals surface area contributed by atoms with Crippen molar-refractivity contribution in [3.05, 3.63) is 65.2 Å². The molecule has 0 saturated carbocycles. The Morgan fingerprint density at radius 3 is 2.47 bits per heavy atom. The summed E-state index contributed by atoms with van der Waals surface area (Å²) >= 11 is 0. The normalized spacial score (nSPS) is 18.8. The second-order valence-electron chi connectivity index (χ2n) is 9.18. The minimum absolute atomic E-state index is 0.000857. The van der Waals surface area contributed by atoms with Gasteiger partial charge in [-0.15, -0.1) is 8.78 Å². The van der Waals surface area contributed by atoms with E-state index in [1.807, 2.05) is 19.1 Å². The van der Waals surface area contributed by atoms with Crippen LogP contribution in [0.15, 0.2) is 48.5 Å². The Kier molecular flexibility index (Phi) is 5.35. The van der Waals surface area contributed by atoms with Gasteiger partial charge in [0.25, 0.3) is 5.91 Å². The third-order valence-electron chi connectivity index (χ3n) is 6.24. The number of aryl methyl sites for hydroxylation is 1. The van der Waals surface area contributed by atoms with Crippen LogP contribution in [0, 0.1) is 6.92 Å². The number of nitrogens with zero attached hydrogens (tertiary/aromatic N) is 2. The summed E-state index contributed by atoms with van der Waals surface area (Å²) in [6, 6.07) is 13.2. The Morgan fingerprint density at radius 2 is 1.75 bits per heavy atom. The number of alkyl halides is 2. The molecule has 0 spiro atoms. The smallest absolute Gasteiger partial charge is 0.492 e. The standard InChI is InChI=1S/C26H23F2N3O5/c1-14-8-9-21(29-22(14)15-6-5-7-16(10-15)23(32)31(3)4)30-24(33)25(2)13-34-18-12-20-19(11-17(18)25)35-26(27,28)36-20/h5-12H,13H2,1-4H3,(H,29,30,33). The Balaban J connectivity index is 1.43. The molecule has 1 aromatic heterocycles. The molecule has 3 heterocycles. The molecule has 1 unspecified atom stereocenters. The number of carbonyl (C=O) groups is 2. The highest BCUT2D eigenvalue weighted by molar-refractivity contribution is 6.00. The first-order valence-electron chi connectivity index (χ1n) is 11.2. The average molecular weight is 495 g/mol. The summed E-state index contributed by atoms with van der Waals surface area (Å²) in [5, 5.41) is 2.82. The van der Waals surface area contributed by atoms with Gasteiger partial charge >= 0.3 is 6.29 Å². The molecule has 5 rings (SSSR count). The van der Waals surface area contributed by atoms with Gasteiger partial charge in [0.15, 0.2) is 11.5 Å². The summed E-state index contributed by atoms with van der Waals surface area (Å²) in [7, 11) is 3.36. The number of hydrogen-bond donors (Lipinski definition) is 1. The lowest BCUT2D eigenvalue weighted by Gasteiger charge is -2.22. The van der Waals surface area contributed by atoms with Crippen LogP contribution < -0.4 is 19.5 Å². The molecule has 10 heteroatoms. The number of anilines is 1. The predicted octanol–water partition coefficient (Wildman–Crippen LogP) is 4.37. The van der Waals surface area contributed by atoms with E-state index in [1.54, 1.807) is 45.3 Å². The number of nitrogens with one attached hydrogen (secondary N) is 1. The molecule has 1 atom stereocenters. The second-order valence-corrected chi connectivity index (χ2v) is 9.18. The highest BCUT2D eigenvalue weighted by Gasteiger charge is 2.49. The van der Waals surface area contributed by atoms with Gasteiger partial charge in [-0.25, -0.2) is 4.98 Å². The molecule has 2 amide bonds. The van der Waals surface area contributed by atoms with Crippen LogP contribution in [-0.2, 0) is 10.2 Å². The summed E-state index contributed by atoms with van der Waals surface area (Å²) in [5.74, 6) is -0.301. The van der Waals surface area contributed by atoms with Gasteiger partial charge < -0.3 is 24.4 Å². The zero-order valence-corrected chi connectivity index (χ0v) is 20.0. The van der Waals surface area contributed by atoms with Crippen molar-refractivity contribution in [1.29, 1.82) is 0 Å². The van der Waals surface area contributed by atoms with Crippen molar-refractivity contribution >= 4 is 17.6 Å². The van der Waals surface area contributed by atoms with Crippen molar-refractivity contribution in [2.24, 2.45) is 0 Å². The number of hydrogen-bond acceptors (Lipinski definition) is 6. The number of amides is 2. The Bertz CT molecular complexity index is 1410. The first-order valence-corrected chi connectivity index (χ1v) is 11.2. The molecule has 3 aromatic rings. The SMILES string of the molecule is Cc1ccc(NC(=O)C2(C)COc3cc4c(cc32)OC(F)(F)O4)nc1-c1cccc(C(=O)N(C)C)c1. The lowest BCUT2D eigenvalue weighted by atomic mass is 9.83. The quantitative estimate of drug-likeness (QED) is 0.578. The van der Waals surface area contributed by atoms with Crippen molar-refractivity contribution < 1.29 is 32.6 Å². The third-order valence-corrected chi connectivity index (χ3v) is 6.24. The van der Waals surface area contributed by atoms with Crippen LogP contribution in [0.5, 0.6) is 17.2 Å². The Hall–Kier alpha value is -4.21. The van der Waals surface area contributed by atoms with E-state index in [-0.39, 0.29) is 29.8 Å². The number of benzene rings is 2. The first kappa shape index (κ1) is 23.5. The van der Waals surface area contributed by atoms with Crippen molar-refractivity contribution in [3.8, 4) is 28.5 Å². The molecule has 0 aliphatic carbocycles. The van der Waals surface area contributed by atoms with E-state index in [0.29, 0.717) is 22.6 Å². The number of rotatable bonds is 4. The van der Waals surface area contributed by atoms with E-state index in [9.17, 15) is 18.4 Å². The molecule has 2 aliphatic rings.